The van der Waals surface area contributed by atoms with E-state index in [4.69, 9.17) is 5.73 Å². The molecule has 106 valence electrons. The molecule has 0 unspecified atom stereocenters. The van der Waals surface area contributed by atoms with Gasteiger partial charge >= 0.3 is 0 Å². The van der Waals surface area contributed by atoms with E-state index in [2.05, 4.69) is 10.4 Å². The molecule has 1 aromatic carbocycles. The number of aromatic nitrogens is 2. The highest BCUT2D eigenvalue weighted by Gasteiger charge is 2.14. The number of hydrogen-bond acceptors (Lipinski definition) is 3. The highest BCUT2D eigenvalue weighted by Crippen LogP contribution is 2.21. The van der Waals surface area contributed by atoms with Gasteiger partial charge < -0.3 is 11.1 Å². The minimum absolute atomic E-state index is 0.0894. The molecule has 1 amide bonds. The first-order valence-electron chi connectivity index (χ1n) is 6.53. The Morgan fingerprint density at radius 2 is 2.05 bits per heavy atom. The molecule has 0 atom stereocenters. The molecule has 2 aromatic rings. The lowest BCUT2D eigenvalue weighted by Gasteiger charge is -2.09. The standard InChI is InChI=1S/C15H20N4O/c1-9-5-6-10(2)12(7-9)8-13(20)17-15-14(16)11(3)18-19(15)4/h5-7H,8,16H2,1-4H3,(H,17,20). The minimum Gasteiger partial charge on any atom is -0.394 e. The molecule has 0 saturated carbocycles. The van der Waals surface area contributed by atoms with Gasteiger partial charge in [-0.2, -0.15) is 5.10 Å². The molecule has 20 heavy (non-hydrogen) atoms. The molecule has 1 heterocycles. The third-order valence-electron chi connectivity index (χ3n) is 3.38. The molecule has 5 heteroatoms. The molecule has 0 aliphatic heterocycles. The summed E-state index contributed by atoms with van der Waals surface area (Å²) in [6.07, 6.45) is 0.331. The molecule has 0 aliphatic carbocycles. The van der Waals surface area contributed by atoms with Gasteiger partial charge in [-0.15, -0.1) is 0 Å². The van der Waals surface area contributed by atoms with E-state index in [0.717, 1.165) is 22.4 Å². The molecule has 0 spiro atoms. The van der Waals surface area contributed by atoms with Crippen molar-refractivity contribution in [3.05, 3.63) is 40.6 Å². The summed E-state index contributed by atoms with van der Waals surface area (Å²) in [7, 11) is 1.76. The van der Waals surface area contributed by atoms with Crippen LogP contribution in [-0.4, -0.2) is 15.7 Å². The van der Waals surface area contributed by atoms with Crippen LogP contribution in [0, 0.1) is 20.8 Å². The first-order chi connectivity index (χ1) is 9.38. The van der Waals surface area contributed by atoms with Gasteiger partial charge in [0.2, 0.25) is 5.91 Å². The van der Waals surface area contributed by atoms with Crippen LogP contribution in [0.15, 0.2) is 18.2 Å². The average Bonchev–Trinajstić information content (AvgIpc) is 2.61. The third-order valence-corrected chi connectivity index (χ3v) is 3.38. The number of rotatable bonds is 3. The van der Waals surface area contributed by atoms with Crippen molar-refractivity contribution >= 4 is 17.4 Å². The van der Waals surface area contributed by atoms with E-state index < -0.39 is 0 Å². The second kappa shape index (κ2) is 5.36. The zero-order chi connectivity index (χ0) is 14.9. The fraction of sp³-hybridized carbons (Fsp3) is 0.333. The van der Waals surface area contributed by atoms with Crippen LogP contribution in [0.25, 0.3) is 0 Å². The number of hydrogen-bond donors (Lipinski definition) is 2. The Balaban J connectivity index is 2.15. The average molecular weight is 272 g/mol. The molecular weight excluding hydrogens is 252 g/mol. The number of amides is 1. The van der Waals surface area contributed by atoms with Crippen molar-refractivity contribution in [3.8, 4) is 0 Å². The van der Waals surface area contributed by atoms with Crippen molar-refractivity contribution in [2.75, 3.05) is 11.1 Å². The number of nitrogen functional groups attached to an aromatic ring is 1. The zero-order valence-electron chi connectivity index (χ0n) is 12.3. The van der Waals surface area contributed by atoms with Gasteiger partial charge in [0.25, 0.3) is 0 Å². The van der Waals surface area contributed by atoms with Crippen molar-refractivity contribution in [2.24, 2.45) is 7.05 Å². The fourth-order valence-electron chi connectivity index (χ4n) is 2.16. The maximum absolute atomic E-state index is 12.2. The van der Waals surface area contributed by atoms with Crippen LogP contribution >= 0.6 is 0 Å². The Kier molecular flexibility index (Phi) is 3.79. The van der Waals surface area contributed by atoms with Crippen LogP contribution < -0.4 is 11.1 Å². The van der Waals surface area contributed by atoms with E-state index >= 15 is 0 Å². The highest BCUT2D eigenvalue weighted by molar-refractivity contribution is 5.94. The number of benzene rings is 1. The van der Waals surface area contributed by atoms with E-state index in [9.17, 15) is 4.79 Å². The first-order valence-corrected chi connectivity index (χ1v) is 6.53. The predicted octanol–water partition coefficient (Wildman–Crippen LogP) is 2.11. The van der Waals surface area contributed by atoms with Crippen LogP contribution in [0.2, 0.25) is 0 Å². The number of nitrogens with two attached hydrogens (primary N) is 1. The van der Waals surface area contributed by atoms with Crippen molar-refractivity contribution in [1.82, 2.24) is 9.78 Å². The van der Waals surface area contributed by atoms with Crippen LogP contribution in [0.1, 0.15) is 22.4 Å². The molecular formula is C15H20N4O. The lowest BCUT2D eigenvalue weighted by Crippen LogP contribution is -2.18. The number of nitrogens with one attached hydrogen (secondary N) is 1. The predicted molar refractivity (Wildman–Crippen MR) is 80.6 cm³/mol. The largest absolute Gasteiger partial charge is 0.394 e. The quantitative estimate of drug-likeness (QED) is 0.898. The summed E-state index contributed by atoms with van der Waals surface area (Å²) in [5.41, 5.74) is 10.4. The van der Waals surface area contributed by atoms with E-state index in [-0.39, 0.29) is 5.91 Å². The van der Waals surface area contributed by atoms with E-state index in [1.165, 1.54) is 0 Å². The Bertz CT molecular complexity index is 658. The van der Waals surface area contributed by atoms with Gasteiger partial charge in [-0.05, 0) is 31.9 Å². The Labute approximate surface area is 118 Å². The smallest absolute Gasteiger partial charge is 0.230 e. The Hall–Kier alpha value is -2.30. The molecule has 0 bridgehead atoms. The number of anilines is 2. The van der Waals surface area contributed by atoms with Gasteiger partial charge in [0.05, 0.1) is 17.8 Å². The van der Waals surface area contributed by atoms with Gasteiger partial charge in [-0.25, -0.2) is 0 Å². The number of carbonyl (C=O) groups excluding carboxylic acids is 1. The van der Waals surface area contributed by atoms with Gasteiger partial charge in [0.15, 0.2) is 5.82 Å². The Morgan fingerprint density at radius 3 is 2.65 bits per heavy atom. The third kappa shape index (κ3) is 2.82. The summed E-state index contributed by atoms with van der Waals surface area (Å²) in [6, 6.07) is 6.10. The molecule has 1 aromatic heterocycles. The molecule has 2 rings (SSSR count). The first kappa shape index (κ1) is 14.1. The molecule has 0 radical (unpaired) electrons. The molecule has 0 fully saturated rings. The second-order valence-electron chi connectivity index (χ2n) is 5.13. The zero-order valence-corrected chi connectivity index (χ0v) is 12.3. The summed E-state index contributed by atoms with van der Waals surface area (Å²) in [5.74, 6) is 0.464. The van der Waals surface area contributed by atoms with Gasteiger partial charge in [-0.3, -0.25) is 9.48 Å². The fourth-order valence-corrected chi connectivity index (χ4v) is 2.16. The van der Waals surface area contributed by atoms with Gasteiger partial charge in [-0.1, -0.05) is 23.8 Å². The Morgan fingerprint density at radius 1 is 1.35 bits per heavy atom. The minimum atomic E-state index is -0.0894. The SMILES string of the molecule is Cc1ccc(C)c(CC(=O)Nc2c(N)c(C)nn2C)c1. The van der Waals surface area contributed by atoms with Crippen LogP contribution in [-0.2, 0) is 18.3 Å². The lowest BCUT2D eigenvalue weighted by atomic mass is 10.0. The molecule has 0 aliphatic rings. The molecule has 3 N–H and O–H groups in total. The van der Waals surface area contributed by atoms with E-state index in [1.807, 2.05) is 39.0 Å². The van der Waals surface area contributed by atoms with Crippen LogP contribution in [0.4, 0.5) is 11.5 Å². The summed E-state index contributed by atoms with van der Waals surface area (Å²) in [4.78, 5) is 12.2. The highest BCUT2D eigenvalue weighted by atomic mass is 16.1. The summed E-state index contributed by atoms with van der Waals surface area (Å²) >= 11 is 0. The lowest BCUT2D eigenvalue weighted by molar-refractivity contribution is -0.115. The van der Waals surface area contributed by atoms with Crippen molar-refractivity contribution in [1.29, 1.82) is 0 Å². The van der Waals surface area contributed by atoms with Crippen molar-refractivity contribution in [3.63, 3.8) is 0 Å². The van der Waals surface area contributed by atoms with Crippen LogP contribution in [0.3, 0.4) is 0 Å². The van der Waals surface area contributed by atoms with Crippen molar-refractivity contribution in [2.45, 2.75) is 27.2 Å². The van der Waals surface area contributed by atoms with E-state index in [1.54, 1.807) is 11.7 Å². The maximum atomic E-state index is 12.2. The monoisotopic (exact) mass is 272 g/mol. The van der Waals surface area contributed by atoms with Gasteiger partial charge in [0.1, 0.15) is 0 Å². The summed E-state index contributed by atoms with van der Waals surface area (Å²) in [5, 5.41) is 7.01. The molecule has 5 nitrogen and oxygen atoms in total. The second-order valence-corrected chi connectivity index (χ2v) is 5.13. The number of nitrogens with zero attached hydrogens (tertiary/aromatic N) is 2. The number of carbonyl (C=O) groups is 1. The van der Waals surface area contributed by atoms with Crippen LogP contribution in [0.5, 0.6) is 0 Å². The van der Waals surface area contributed by atoms with Crippen molar-refractivity contribution < 1.29 is 4.79 Å². The topological polar surface area (TPSA) is 72.9 Å². The van der Waals surface area contributed by atoms with E-state index in [0.29, 0.717) is 17.9 Å². The number of aryl methyl sites for hydroxylation is 4. The maximum Gasteiger partial charge on any atom is 0.230 e. The normalized spacial score (nSPS) is 10.6. The molecule has 0 saturated heterocycles. The summed E-state index contributed by atoms with van der Waals surface area (Å²) in [6.45, 7) is 5.84. The summed E-state index contributed by atoms with van der Waals surface area (Å²) < 4.78 is 1.59. The van der Waals surface area contributed by atoms with Gasteiger partial charge in [0, 0.05) is 7.05 Å².